The number of carboxylic acids is 1. The topological polar surface area (TPSA) is 392 Å². The summed E-state index contributed by atoms with van der Waals surface area (Å²) in [5.41, 5.74) is -1.35. The Morgan fingerprint density at radius 1 is 0.667 bits per heavy atom. The van der Waals surface area contributed by atoms with Crippen LogP contribution in [-0.4, -0.2) is 192 Å². The Balaban J connectivity index is 3.10. The molecule has 0 spiro atoms. The Hall–Kier alpha value is -4.21. The molecule has 308 valence electrons. The fourth-order valence-corrected chi connectivity index (χ4v) is 5.61. The summed E-state index contributed by atoms with van der Waals surface area (Å²) in [6.45, 7) is 1.31. The molecule has 0 unspecified atom stereocenters. The SMILES string of the molecule is CC(=O)NCC(=O)N[C@@H](C)C(=O)N[C@@H](CS[C@@H]1O[C@H](CO)[C@@H](O)[C@H](O)[C@H]1O)C(=O)N[C@@H](C)C(=O)N[C@@H](CO)C(=O)N[C@H](C(=O)N[C@@H](CO)C(=O)O)[C@@H](C)O. The van der Waals surface area contributed by atoms with Gasteiger partial charge < -0.3 is 82.8 Å². The number of rotatable bonds is 21. The number of aliphatic hydroxyl groups is 7. The van der Waals surface area contributed by atoms with Crippen LogP contribution in [0.3, 0.4) is 0 Å². The average molecular weight is 800 g/mol. The van der Waals surface area contributed by atoms with Crippen LogP contribution in [0, 0.1) is 0 Å². The Morgan fingerprint density at radius 3 is 1.69 bits per heavy atom. The summed E-state index contributed by atoms with van der Waals surface area (Å²) < 4.78 is 5.42. The molecule has 1 fully saturated rings. The standard InChI is InChI=1S/C29H49N7O17S/c1-10(31-18(42)5-30-13(4)41)23(46)35-16(9-54-29-22(45)21(44)20(43)17(8-39)53-29)26(49)32-11(2)24(47)33-14(6-37)25(48)36-19(12(3)40)27(50)34-15(7-38)28(51)52/h10-12,14-17,19-22,29,37-40,43-45H,5-9H2,1-4H3,(H,30,41)(H,31,42)(H,32,49)(H,33,47)(H,34,50)(H,35,46)(H,36,48)(H,51,52)/t10-,11-,12+,14-,15-,16-,17+,19-,20+,21-,22+,29-/m0/s1. The zero-order valence-electron chi connectivity index (χ0n) is 29.6. The Kier molecular flexibility index (Phi) is 20.3. The molecule has 25 heteroatoms. The molecule has 54 heavy (non-hydrogen) atoms. The van der Waals surface area contributed by atoms with Crippen LogP contribution >= 0.6 is 11.8 Å². The van der Waals surface area contributed by atoms with Gasteiger partial charge in [0.1, 0.15) is 66.1 Å². The van der Waals surface area contributed by atoms with Crippen LogP contribution in [0.5, 0.6) is 0 Å². The molecule has 1 heterocycles. The van der Waals surface area contributed by atoms with E-state index in [9.17, 15) is 69.0 Å². The number of amides is 7. The number of carbonyl (C=O) groups is 8. The number of thioether (sulfide) groups is 1. The number of carboxylic acid groups (broad SMARTS) is 1. The van der Waals surface area contributed by atoms with Crippen LogP contribution in [0.4, 0.5) is 0 Å². The Labute approximate surface area is 312 Å². The van der Waals surface area contributed by atoms with Gasteiger partial charge in [0.15, 0.2) is 0 Å². The lowest BCUT2D eigenvalue weighted by molar-refractivity contribution is -0.205. The maximum Gasteiger partial charge on any atom is 0.328 e. The zero-order chi connectivity index (χ0) is 41.4. The number of carbonyl (C=O) groups excluding carboxylic acids is 7. The highest BCUT2D eigenvalue weighted by Crippen LogP contribution is 2.29. The second-order valence-electron chi connectivity index (χ2n) is 12.1. The van der Waals surface area contributed by atoms with Crippen molar-refractivity contribution < 1.29 is 83.9 Å². The molecule has 1 aliphatic rings. The van der Waals surface area contributed by atoms with Crippen LogP contribution in [0.15, 0.2) is 0 Å². The maximum atomic E-state index is 13.4. The van der Waals surface area contributed by atoms with E-state index < -0.39 is 152 Å². The summed E-state index contributed by atoms with van der Waals surface area (Å²) in [6, 6.07) is -9.75. The fourth-order valence-electron chi connectivity index (χ4n) is 4.42. The molecule has 0 aromatic rings. The minimum absolute atomic E-state index is 0.440. The van der Waals surface area contributed by atoms with Gasteiger partial charge in [-0.1, -0.05) is 0 Å². The lowest BCUT2D eigenvalue weighted by atomic mass is 10.0. The van der Waals surface area contributed by atoms with Crippen molar-refractivity contribution in [3.05, 3.63) is 0 Å². The van der Waals surface area contributed by atoms with E-state index in [0.717, 1.165) is 20.8 Å². The number of hydrogen-bond donors (Lipinski definition) is 15. The van der Waals surface area contributed by atoms with Gasteiger partial charge in [-0.3, -0.25) is 33.6 Å². The van der Waals surface area contributed by atoms with Crippen molar-refractivity contribution in [2.24, 2.45) is 0 Å². The summed E-state index contributed by atoms with van der Waals surface area (Å²) in [7, 11) is 0. The van der Waals surface area contributed by atoms with E-state index in [0.29, 0.717) is 11.8 Å². The van der Waals surface area contributed by atoms with E-state index in [1.54, 1.807) is 0 Å². The van der Waals surface area contributed by atoms with Crippen molar-refractivity contribution in [3.8, 4) is 0 Å². The molecule has 15 N–H and O–H groups in total. The smallest absolute Gasteiger partial charge is 0.328 e. The zero-order valence-corrected chi connectivity index (χ0v) is 30.4. The monoisotopic (exact) mass is 799 g/mol. The van der Waals surface area contributed by atoms with Gasteiger partial charge in [0.25, 0.3) is 0 Å². The largest absolute Gasteiger partial charge is 0.480 e. The quantitative estimate of drug-likeness (QED) is 0.0512. The molecule has 0 bridgehead atoms. The molecule has 0 saturated carbocycles. The van der Waals surface area contributed by atoms with E-state index in [-0.39, 0.29) is 0 Å². The second kappa shape index (κ2) is 22.9. The lowest BCUT2D eigenvalue weighted by Crippen LogP contribution is -2.61. The molecular formula is C29H49N7O17S. The van der Waals surface area contributed by atoms with Gasteiger partial charge in [0.05, 0.1) is 32.5 Å². The number of ether oxygens (including phenoxy) is 1. The molecule has 7 amide bonds. The number of aliphatic carboxylic acids is 1. The van der Waals surface area contributed by atoms with Crippen LogP contribution < -0.4 is 37.2 Å². The Bertz CT molecular complexity index is 1340. The summed E-state index contributed by atoms with van der Waals surface area (Å²) in [4.78, 5) is 99.1. The highest BCUT2D eigenvalue weighted by Gasteiger charge is 2.44. The van der Waals surface area contributed by atoms with Crippen molar-refractivity contribution in [3.63, 3.8) is 0 Å². The normalized spacial score (nSPS) is 23.4. The second-order valence-corrected chi connectivity index (χ2v) is 13.2. The van der Waals surface area contributed by atoms with Gasteiger partial charge in [-0.15, -0.1) is 11.8 Å². The number of aliphatic hydroxyl groups excluding tert-OH is 7. The molecule has 1 aliphatic heterocycles. The van der Waals surface area contributed by atoms with Gasteiger partial charge in [-0.05, 0) is 20.8 Å². The van der Waals surface area contributed by atoms with Crippen LogP contribution in [-0.2, 0) is 43.1 Å². The number of hydrogen-bond acceptors (Lipinski definition) is 17. The molecule has 0 radical (unpaired) electrons. The third-order valence-corrected chi connectivity index (χ3v) is 8.85. The summed E-state index contributed by atoms with van der Waals surface area (Å²) in [6.07, 6.45) is -8.09. The first kappa shape index (κ1) is 47.8. The average Bonchev–Trinajstić information content (AvgIpc) is 3.11. The van der Waals surface area contributed by atoms with Crippen molar-refractivity contribution in [2.75, 3.05) is 32.1 Å². The van der Waals surface area contributed by atoms with Gasteiger partial charge >= 0.3 is 5.97 Å². The molecule has 24 nitrogen and oxygen atoms in total. The first-order valence-corrected chi connectivity index (χ1v) is 17.3. The summed E-state index contributed by atoms with van der Waals surface area (Å²) in [5, 5.41) is 93.3. The van der Waals surface area contributed by atoms with Gasteiger partial charge in [0.2, 0.25) is 41.4 Å². The summed E-state index contributed by atoms with van der Waals surface area (Å²) in [5.74, 6) is -8.85. The van der Waals surface area contributed by atoms with Crippen molar-refractivity contribution in [1.82, 2.24) is 37.2 Å². The maximum absolute atomic E-state index is 13.4. The van der Waals surface area contributed by atoms with E-state index in [1.165, 1.54) is 6.92 Å². The predicted molar refractivity (Wildman–Crippen MR) is 181 cm³/mol. The third kappa shape index (κ3) is 14.9. The molecular weight excluding hydrogens is 750 g/mol. The first-order chi connectivity index (χ1) is 25.2. The predicted octanol–water partition coefficient (Wildman–Crippen LogP) is -8.95. The summed E-state index contributed by atoms with van der Waals surface area (Å²) >= 11 is 0.665. The van der Waals surface area contributed by atoms with Crippen LogP contribution in [0.1, 0.15) is 27.7 Å². The lowest BCUT2D eigenvalue weighted by Gasteiger charge is -2.40. The first-order valence-electron chi connectivity index (χ1n) is 16.3. The minimum Gasteiger partial charge on any atom is -0.480 e. The molecule has 0 aromatic heterocycles. The van der Waals surface area contributed by atoms with Crippen LogP contribution in [0.25, 0.3) is 0 Å². The highest BCUT2D eigenvalue weighted by atomic mass is 32.2. The fraction of sp³-hybridized carbons (Fsp3) is 0.724. The number of nitrogens with one attached hydrogen (secondary N) is 7. The van der Waals surface area contributed by atoms with E-state index in [4.69, 9.17) is 14.9 Å². The minimum atomic E-state index is -1.81. The van der Waals surface area contributed by atoms with E-state index in [1.807, 2.05) is 10.6 Å². The van der Waals surface area contributed by atoms with Crippen molar-refractivity contribution in [1.29, 1.82) is 0 Å². The highest BCUT2D eigenvalue weighted by molar-refractivity contribution is 7.99. The molecule has 0 aromatic carbocycles. The van der Waals surface area contributed by atoms with E-state index >= 15 is 0 Å². The van der Waals surface area contributed by atoms with Crippen LogP contribution in [0.2, 0.25) is 0 Å². The molecule has 1 rings (SSSR count). The molecule has 12 atom stereocenters. The van der Waals surface area contributed by atoms with Gasteiger partial charge in [0, 0.05) is 12.7 Å². The van der Waals surface area contributed by atoms with Crippen molar-refractivity contribution >= 4 is 59.1 Å². The molecule has 1 saturated heterocycles. The molecule has 0 aliphatic carbocycles. The van der Waals surface area contributed by atoms with Crippen molar-refractivity contribution in [2.45, 2.75) is 99.9 Å². The third-order valence-electron chi connectivity index (χ3n) is 7.60. The van der Waals surface area contributed by atoms with E-state index in [2.05, 4.69) is 26.6 Å². The van der Waals surface area contributed by atoms with Gasteiger partial charge in [-0.2, -0.15) is 0 Å². The Morgan fingerprint density at radius 2 is 1.19 bits per heavy atom. The van der Waals surface area contributed by atoms with Gasteiger partial charge in [-0.25, -0.2) is 4.79 Å².